The first-order chi connectivity index (χ1) is 16.8. The molecule has 1 heterocycles. The smallest absolute Gasteiger partial charge is 0.338 e. The molecule has 4 rings (SSSR count). The number of rotatable bonds is 8. The van der Waals surface area contributed by atoms with E-state index in [4.69, 9.17) is 10.5 Å². The van der Waals surface area contributed by atoms with Crippen molar-refractivity contribution in [1.82, 2.24) is 9.55 Å². The first-order valence-corrected chi connectivity index (χ1v) is 10.9. The topological polar surface area (TPSA) is 108 Å². The largest absolute Gasteiger partial charge is 0.452 e. The molecule has 35 heavy (non-hydrogen) atoms. The van der Waals surface area contributed by atoms with Gasteiger partial charge in [0.05, 0.1) is 16.6 Å². The number of halogens is 1. The molecule has 0 aliphatic heterocycles. The lowest BCUT2D eigenvalue weighted by Gasteiger charge is -2.22. The van der Waals surface area contributed by atoms with Crippen LogP contribution < -0.4 is 10.6 Å². The molecular weight excluding hydrogens is 451 g/mol. The molecule has 1 aromatic heterocycles. The lowest BCUT2D eigenvalue weighted by Crippen LogP contribution is -2.37. The molecule has 0 saturated carbocycles. The van der Waals surface area contributed by atoms with Gasteiger partial charge in [0.2, 0.25) is 5.91 Å². The van der Waals surface area contributed by atoms with E-state index in [-0.39, 0.29) is 18.5 Å². The number of aromatic nitrogens is 2. The van der Waals surface area contributed by atoms with Crippen molar-refractivity contribution in [2.75, 3.05) is 18.1 Å². The molecule has 0 unspecified atom stereocenters. The summed E-state index contributed by atoms with van der Waals surface area (Å²) in [5.74, 6) is -1.57. The highest BCUT2D eigenvalue weighted by atomic mass is 19.1. The van der Waals surface area contributed by atoms with Crippen LogP contribution in [0.1, 0.15) is 22.6 Å². The zero-order chi connectivity index (χ0) is 24.9. The average molecular weight is 474 g/mol. The first-order valence-electron chi connectivity index (χ1n) is 10.9. The fraction of sp³-hybridized carbons (Fsp3) is 0.154. The Hall–Kier alpha value is -4.53. The quantitative estimate of drug-likeness (QED) is 0.393. The number of esters is 1. The Kier molecular flexibility index (Phi) is 6.86. The molecular formula is C26H23FN4O4. The molecule has 0 atom stereocenters. The van der Waals surface area contributed by atoms with Crippen LogP contribution in [0.5, 0.6) is 0 Å². The summed E-state index contributed by atoms with van der Waals surface area (Å²) >= 11 is 0. The Morgan fingerprint density at radius 1 is 1.03 bits per heavy atom. The van der Waals surface area contributed by atoms with Crippen molar-refractivity contribution in [1.29, 1.82) is 0 Å². The minimum absolute atomic E-state index is 0.0283. The second-order valence-electron chi connectivity index (χ2n) is 7.85. The van der Waals surface area contributed by atoms with Gasteiger partial charge in [0.1, 0.15) is 11.6 Å². The van der Waals surface area contributed by atoms with Crippen LogP contribution in [-0.2, 0) is 14.3 Å². The van der Waals surface area contributed by atoms with Crippen LogP contribution in [0.2, 0.25) is 0 Å². The molecule has 0 bridgehead atoms. The SMILES string of the molecule is Cc1nc2cc(C(=O)OCC(=O)N(CCC(N)=O)c3ccc(F)cc3)ccc2n1-c1ccccc1. The van der Waals surface area contributed by atoms with Gasteiger partial charge in [0.15, 0.2) is 6.61 Å². The minimum Gasteiger partial charge on any atom is -0.452 e. The summed E-state index contributed by atoms with van der Waals surface area (Å²) in [5.41, 5.74) is 8.20. The van der Waals surface area contributed by atoms with Gasteiger partial charge < -0.3 is 15.4 Å². The van der Waals surface area contributed by atoms with Crippen molar-refractivity contribution < 1.29 is 23.5 Å². The second-order valence-corrected chi connectivity index (χ2v) is 7.85. The van der Waals surface area contributed by atoms with Crippen LogP contribution in [0.4, 0.5) is 10.1 Å². The van der Waals surface area contributed by atoms with E-state index in [0.717, 1.165) is 17.0 Å². The maximum atomic E-state index is 13.3. The maximum absolute atomic E-state index is 13.3. The third-order valence-corrected chi connectivity index (χ3v) is 5.42. The molecule has 0 radical (unpaired) electrons. The molecule has 0 aliphatic rings. The van der Waals surface area contributed by atoms with Gasteiger partial charge in [-0.1, -0.05) is 18.2 Å². The highest BCUT2D eigenvalue weighted by molar-refractivity contribution is 5.98. The molecule has 0 fully saturated rings. The fourth-order valence-electron chi connectivity index (χ4n) is 3.76. The number of carbonyl (C=O) groups excluding carboxylic acids is 3. The number of fused-ring (bicyclic) bond motifs is 1. The van der Waals surface area contributed by atoms with E-state index in [1.165, 1.54) is 29.2 Å². The molecule has 2 N–H and O–H groups in total. The number of hydrogen-bond acceptors (Lipinski definition) is 5. The molecule has 0 saturated heterocycles. The van der Waals surface area contributed by atoms with Gasteiger partial charge in [-0.05, 0) is 61.5 Å². The number of nitrogens with zero attached hydrogens (tertiary/aromatic N) is 3. The minimum atomic E-state index is -0.693. The third-order valence-electron chi connectivity index (χ3n) is 5.42. The number of benzene rings is 3. The van der Waals surface area contributed by atoms with E-state index >= 15 is 0 Å². The van der Waals surface area contributed by atoms with E-state index in [1.807, 2.05) is 41.8 Å². The first kappa shape index (κ1) is 23.6. The van der Waals surface area contributed by atoms with Crippen molar-refractivity contribution in [2.24, 2.45) is 5.73 Å². The summed E-state index contributed by atoms with van der Waals surface area (Å²) in [4.78, 5) is 42.4. The number of hydrogen-bond donors (Lipinski definition) is 1. The number of primary amides is 1. The zero-order valence-electron chi connectivity index (χ0n) is 19.0. The van der Waals surface area contributed by atoms with Crippen LogP contribution in [0.25, 0.3) is 16.7 Å². The number of amides is 2. The van der Waals surface area contributed by atoms with Crippen molar-refractivity contribution in [3.8, 4) is 5.69 Å². The molecule has 0 aliphatic carbocycles. The summed E-state index contributed by atoms with van der Waals surface area (Å²) in [7, 11) is 0. The van der Waals surface area contributed by atoms with E-state index in [1.54, 1.807) is 18.2 Å². The molecule has 9 heteroatoms. The number of imidazole rings is 1. The van der Waals surface area contributed by atoms with Crippen LogP contribution >= 0.6 is 0 Å². The maximum Gasteiger partial charge on any atom is 0.338 e. The van der Waals surface area contributed by atoms with E-state index in [0.29, 0.717) is 11.2 Å². The number of nitrogens with two attached hydrogens (primary N) is 1. The Morgan fingerprint density at radius 2 is 1.74 bits per heavy atom. The van der Waals surface area contributed by atoms with Gasteiger partial charge in [0.25, 0.3) is 5.91 Å². The van der Waals surface area contributed by atoms with Gasteiger partial charge >= 0.3 is 5.97 Å². The van der Waals surface area contributed by atoms with Gasteiger partial charge in [-0.25, -0.2) is 14.2 Å². The van der Waals surface area contributed by atoms with Crippen LogP contribution in [0.3, 0.4) is 0 Å². The molecule has 3 aromatic carbocycles. The number of anilines is 1. The monoisotopic (exact) mass is 474 g/mol. The summed E-state index contributed by atoms with van der Waals surface area (Å²) in [6, 6.07) is 19.9. The number of para-hydroxylation sites is 1. The van der Waals surface area contributed by atoms with E-state index in [9.17, 15) is 18.8 Å². The molecule has 2 amide bonds. The Balaban J connectivity index is 1.49. The van der Waals surface area contributed by atoms with Crippen molar-refractivity contribution in [3.63, 3.8) is 0 Å². The number of aryl methyl sites for hydroxylation is 1. The third kappa shape index (κ3) is 5.35. The average Bonchev–Trinajstić information content (AvgIpc) is 3.18. The van der Waals surface area contributed by atoms with Crippen molar-refractivity contribution >= 4 is 34.5 Å². The number of ether oxygens (including phenoxy) is 1. The number of carbonyl (C=O) groups is 3. The highest BCUT2D eigenvalue weighted by Crippen LogP contribution is 2.23. The zero-order valence-corrected chi connectivity index (χ0v) is 19.0. The summed E-state index contributed by atoms with van der Waals surface area (Å²) in [6.45, 7) is 1.28. The van der Waals surface area contributed by atoms with Crippen LogP contribution in [0.15, 0.2) is 72.8 Å². The molecule has 8 nitrogen and oxygen atoms in total. The molecule has 0 spiro atoms. The molecule has 178 valence electrons. The summed E-state index contributed by atoms with van der Waals surface area (Å²) < 4.78 is 20.5. The Morgan fingerprint density at radius 3 is 2.43 bits per heavy atom. The van der Waals surface area contributed by atoms with Gasteiger partial charge in [-0.15, -0.1) is 0 Å². The van der Waals surface area contributed by atoms with Crippen molar-refractivity contribution in [3.05, 3.63) is 90.0 Å². The standard InChI is InChI=1S/C26H23FN4O4/c1-17-29-22-15-18(7-12-23(22)31(17)21-5-3-2-4-6-21)26(34)35-16-25(33)30(14-13-24(28)32)20-10-8-19(27)9-11-20/h2-12,15H,13-14,16H2,1H3,(H2,28,32). The lowest BCUT2D eigenvalue weighted by molar-refractivity contribution is -0.121. The van der Waals surface area contributed by atoms with Crippen LogP contribution in [0, 0.1) is 12.7 Å². The summed E-state index contributed by atoms with van der Waals surface area (Å²) in [5, 5.41) is 0. The summed E-state index contributed by atoms with van der Waals surface area (Å²) in [6.07, 6.45) is -0.100. The Labute approximate surface area is 200 Å². The molecule has 4 aromatic rings. The van der Waals surface area contributed by atoms with Crippen molar-refractivity contribution in [2.45, 2.75) is 13.3 Å². The predicted octanol–water partition coefficient (Wildman–Crippen LogP) is 3.54. The predicted molar refractivity (Wildman–Crippen MR) is 129 cm³/mol. The fourth-order valence-corrected chi connectivity index (χ4v) is 3.76. The lowest BCUT2D eigenvalue weighted by atomic mass is 10.2. The normalized spacial score (nSPS) is 10.8. The van der Waals surface area contributed by atoms with Gasteiger partial charge in [-0.2, -0.15) is 0 Å². The van der Waals surface area contributed by atoms with Gasteiger partial charge in [0, 0.05) is 24.3 Å². The van der Waals surface area contributed by atoms with E-state index in [2.05, 4.69) is 4.98 Å². The highest BCUT2D eigenvalue weighted by Gasteiger charge is 2.20. The Bertz CT molecular complexity index is 1380. The second kappa shape index (κ2) is 10.2. The van der Waals surface area contributed by atoms with Gasteiger partial charge in [-0.3, -0.25) is 14.2 Å². The van der Waals surface area contributed by atoms with E-state index < -0.39 is 30.2 Å². The van der Waals surface area contributed by atoms with Crippen LogP contribution in [-0.4, -0.2) is 40.5 Å².